The predicted molar refractivity (Wildman–Crippen MR) is 87.5 cm³/mol. The highest BCUT2D eigenvalue weighted by molar-refractivity contribution is 6.30. The van der Waals surface area contributed by atoms with Crippen LogP contribution in [0.15, 0.2) is 24.3 Å². The predicted octanol–water partition coefficient (Wildman–Crippen LogP) is 4.17. The molecule has 114 valence electrons. The number of halogens is 1. The fourth-order valence-electron chi connectivity index (χ4n) is 2.41. The Kier molecular flexibility index (Phi) is 8.92. The van der Waals surface area contributed by atoms with Gasteiger partial charge in [0.2, 0.25) is 0 Å². The van der Waals surface area contributed by atoms with Gasteiger partial charge in [0.1, 0.15) is 0 Å². The minimum Gasteiger partial charge on any atom is -0.383 e. The number of ether oxygens (including phenoxy) is 1. The Bertz CT molecular complexity index is 353. The lowest BCUT2D eigenvalue weighted by Crippen LogP contribution is -2.28. The molecule has 0 saturated heterocycles. The molecule has 0 bridgehead atoms. The number of nitrogens with one attached hydrogen (secondary N) is 1. The van der Waals surface area contributed by atoms with Crippen LogP contribution in [0.5, 0.6) is 0 Å². The van der Waals surface area contributed by atoms with Crippen molar-refractivity contribution in [2.24, 2.45) is 11.8 Å². The molecule has 0 amide bonds. The SMILES string of the molecule is CCC(C)CC(CNCCOC)Cc1ccc(Cl)cc1. The van der Waals surface area contributed by atoms with E-state index in [0.717, 1.165) is 37.1 Å². The molecule has 20 heavy (non-hydrogen) atoms. The van der Waals surface area contributed by atoms with Crippen molar-refractivity contribution in [1.82, 2.24) is 5.32 Å². The van der Waals surface area contributed by atoms with Crippen LogP contribution in [0.2, 0.25) is 5.02 Å². The van der Waals surface area contributed by atoms with Gasteiger partial charge in [-0.1, -0.05) is 44.0 Å². The van der Waals surface area contributed by atoms with E-state index in [1.165, 1.54) is 18.4 Å². The summed E-state index contributed by atoms with van der Waals surface area (Å²) in [5.41, 5.74) is 1.37. The zero-order valence-corrected chi connectivity index (χ0v) is 13.7. The first-order valence-electron chi connectivity index (χ1n) is 7.59. The summed E-state index contributed by atoms with van der Waals surface area (Å²) >= 11 is 5.95. The Balaban J connectivity index is 2.49. The van der Waals surface area contributed by atoms with E-state index in [-0.39, 0.29) is 0 Å². The molecule has 2 nitrogen and oxygen atoms in total. The van der Waals surface area contributed by atoms with Gasteiger partial charge >= 0.3 is 0 Å². The molecule has 0 saturated carbocycles. The van der Waals surface area contributed by atoms with Crippen molar-refractivity contribution in [3.8, 4) is 0 Å². The van der Waals surface area contributed by atoms with Crippen LogP contribution in [0, 0.1) is 11.8 Å². The smallest absolute Gasteiger partial charge is 0.0587 e. The minimum atomic E-state index is 0.669. The van der Waals surface area contributed by atoms with Crippen molar-refractivity contribution in [1.29, 1.82) is 0 Å². The van der Waals surface area contributed by atoms with Gasteiger partial charge in [-0.2, -0.15) is 0 Å². The van der Waals surface area contributed by atoms with Crippen molar-refractivity contribution >= 4 is 11.6 Å². The molecule has 3 heteroatoms. The maximum atomic E-state index is 5.95. The third-order valence-electron chi connectivity index (χ3n) is 3.79. The van der Waals surface area contributed by atoms with Gasteiger partial charge in [-0.05, 0) is 48.9 Å². The molecule has 1 aromatic rings. The number of methoxy groups -OCH3 is 1. The molecular formula is C17H28ClNO. The Morgan fingerprint density at radius 3 is 2.55 bits per heavy atom. The molecule has 0 aliphatic heterocycles. The summed E-state index contributed by atoms with van der Waals surface area (Å²) in [6, 6.07) is 8.24. The number of benzene rings is 1. The molecule has 1 rings (SSSR count). The van der Waals surface area contributed by atoms with E-state index in [1.54, 1.807) is 7.11 Å². The van der Waals surface area contributed by atoms with Crippen LogP contribution in [0.25, 0.3) is 0 Å². The Morgan fingerprint density at radius 2 is 1.95 bits per heavy atom. The largest absolute Gasteiger partial charge is 0.383 e. The maximum Gasteiger partial charge on any atom is 0.0587 e. The van der Waals surface area contributed by atoms with Gasteiger partial charge in [0.05, 0.1) is 6.61 Å². The van der Waals surface area contributed by atoms with Crippen molar-refractivity contribution in [3.63, 3.8) is 0 Å². The third kappa shape index (κ3) is 7.28. The zero-order valence-electron chi connectivity index (χ0n) is 13.0. The van der Waals surface area contributed by atoms with Crippen LogP contribution < -0.4 is 5.32 Å². The normalized spacial score (nSPS) is 14.2. The van der Waals surface area contributed by atoms with Gasteiger partial charge in [0.25, 0.3) is 0 Å². The van der Waals surface area contributed by atoms with E-state index in [2.05, 4.69) is 31.3 Å². The van der Waals surface area contributed by atoms with Crippen molar-refractivity contribution in [2.75, 3.05) is 26.8 Å². The van der Waals surface area contributed by atoms with Gasteiger partial charge in [0, 0.05) is 18.7 Å². The molecule has 0 fully saturated rings. The van der Waals surface area contributed by atoms with Crippen LogP contribution in [0.4, 0.5) is 0 Å². The second-order valence-electron chi connectivity index (χ2n) is 5.64. The quantitative estimate of drug-likeness (QED) is 0.654. The summed E-state index contributed by atoms with van der Waals surface area (Å²) in [7, 11) is 1.74. The second-order valence-corrected chi connectivity index (χ2v) is 6.08. The lowest BCUT2D eigenvalue weighted by atomic mass is 9.89. The van der Waals surface area contributed by atoms with Crippen LogP contribution in [-0.4, -0.2) is 26.8 Å². The van der Waals surface area contributed by atoms with E-state index in [0.29, 0.717) is 5.92 Å². The Morgan fingerprint density at radius 1 is 1.25 bits per heavy atom. The molecule has 0 aliphatic rings. The summed E-state index contributed by atoms with van der Waals surface area (Å²) in [5, 5.41) is 4.31. The topological polar surface area (TPSA) is 21.3 Å². The van der Waals surface area contributed by atoms with Crippen LogP contribution >= 0.6 is 11.6 Å². The highest BCUT2D eigenvalue weighted by Gasteiger charge is 2.13. The first-order chi connectivity index (χ1) is 9.65. The lowest BCUT2D eigenvalue weighted by molar-refractivity contribution is 0.196. The molecule has 0 aromatic heterocycles. The van der Waals surface area contributed by atoms with E-state index < -0.39 is 0 Å². The first kappa shape index (κ1) is 17.5. The molecule has 1 N–H and O–H groups in total. The monoisotopic (exact) mass is 297 g/mol. The van der Waals surface area contributed by atoms with Gasteiger partial charge in [-0.25, -0.2) is 0 Å². The molecule has 0 radical (unpaired) electrons. The summed E-state index contributed by atoms with van der Waals surface area (Å²) < 4.78 is 5.08. The molecule has 0 aliphatic carbocycles. The van der Waals surface area contributed by atoms with Crippen molar-refractivity contribution in [3.05, 3.63) is 34.9 Å². The molecule has 1 aromatic carbocycles. The van der Waals surface area contributed by atoms with Gasteiger partial charge in [0.15, 0.2) is 0 Å². The molecule has 2 atom stereocenters. The summed E-state index contributed by atoms with van der Waals surface area (Å²) in [6.07, 6.45) is 3.62. The lowest BCUT2D eigenvalue weighted by Gasteiger charge is -2.21. The van der Waals surface area contributed by atoms with Crippen LogP contribution in [0.1, 0.15) is 32.3 Å². The minimum absolute atomic E-state index is 0.669. The van der Waals surface area contributed by atoms with Crippen molar-refractivity contribution in [2.45, 2.75) is 33.1 Å². The highest BCUT2D eigenvalue weighted by Crippen LogP contribution is 2.20. The second kappa shape index (κ2) is 10.2. The number of hydrogen-bond donors (Lipinski definition) is 1. The van der Waals surface area contributed by atoms with Crippen LogP contribution in [-0.2, 0) is 11.2 Å². The van der Waals surface area contributed by atoms with E-state index in [1.807, 2.05) is 12.1 Å². The van der Waals surface area contributed by atoms with E-state index in [9.17, 15) is 0 Å². The average molecular weight is 298 g/mol. The molecular weight excluding hydrogens is 270 g/mol. The Hall–Kier alpha value is -0.570. The molecule has 2 unspecified atom stereocenters. The summed E-state index contributed by atoms with van der Waals surface area (Å²) in [6.45, 7) is 7.35. The fraction of sp³-hybridized carbons (Fsp3) is 0.647. The maximum absolute atomic E-state index is 5.95. The first-order valence-corrected chi connectivity index (χ1v) is 7.97. The van der Waals surface area contributed by atoms with Gasteiger partial charge in [-0.15, -0.1) is 0 Å². The third-order valence-corrected chi connectivity index (χ3v) is 4.04. The standard InChI is InChI=1S/C17H28ClNO/c1-4-14(2)11-16(13-19-9-10-20-3)12-15-5-7-17(18)8-6-15/h5-8,14,16,19H,4,9-13H2,1-3H3. The highest BCUT2D eigenvalue weighted by atomic mass is 35.5. The number of rotatable bonds is 10. The summed E-state index contributed by atoms with van der Waals surface area (Å²) in [4.78, 5) is 0. The van der Waals surface area contributed by atoms with Crippen molar-refractivity contribution < 1.29 is 4.74 Å². The van der Waals surface area contributed by atoms with E-state index >= 15 is 0 Å². The van der Waals surface area contributed by atoms with E-state index in [4.69, 9.17) is 16.3 Å². The van der Waals surface area contributed by atoms with Crippen LogP contribution in [0.3, 0.4) is 0 Å². The Labute approximate surface area is 128 Å². The fourth-order valence-corrected chi connectivity index (χ4v) is 2.53. The summed E-state index contributed by atoms with van der Waals surface area (Å²) in [5.74, 6) is 1.44. The zero-order chi connectivity index (χ0) is 14.8. The molecule has 0 heterocycles. The average Bonchev–Trinajstić information content (AvgIpc) is 2.45. The van der Waals surface area contributed by atoms with Gasteiger partial charge < -0.3 is 10.1 Å². The number of hydrogen-bond acceptors (Lipinski definition) is 2. The molecule has 0 spiro atoms. The van der Waals surface area contributed by atoms with Gasteiger partial charge in [-0.3, -0.25) is 0 Å².